The maximum absolute atomic E-state index is 14.0. The molecule has 106 valence electrons. The van der Waals surface area contributed by atoms with Gasteiger partial charge in [0, 0.05) is 18.7 Å². The number of rotatable bonds is 6. The number of nitrogens with zero attached hydrogens (tertiary/aromatic N) is 1. The van der Waals surface area contributed by atoms with Crippen LogP contribution in [0.5, 0.6) is 0 Å². The van der Waals surface area contributed by atoms with Gasteiger partial charge in [-0.3, -0.25) is 0 Å². The predicted octanol–water partition coefficient (Wildman–Crippen LogP) is 1.17. The molecule has 0 aliphatic heterocycles. The first-order valence-corrected chi connectivity index (χ1v) is 6.09. The van der Waals surface area contributed by atoms with Crippen molar-refractivity contribution in [1.29, 1.82) is 0 Å². The van der Waals surface area contributed by atoms with Gasteiger partial charge in [0.25, 0.3) is 0 Å². The highest BCUT2D eigenvalue weighted by Gasteiger charge is 2.17. The van der Waals surface area contributed by atoms with Crippen LogP contribution in [0.15, 0.2) is 23.4 Å². The molecule has 0 saturated heterocycles. The maximum Gasteiger partial charge on any atom is 0.173 e. The fourth-order valence-electron chi connectivity index (χ4n) is 1.56. The Morgan fingerprint density at radius 2 is 2.21 bits per heavy atom. The van der Waals surface area contributed by atoms with E-state index in [2.05, 4.69) is 10.5 Å². The quantitative estimate of drug-likeness (QED) is 0.270. The number of benzene rings is 1. The molecule has 0 aromatic heterocycles. The fraction of sp³-hybridized carbons (Fsp3) is 0.462. The number of nitrogens with two attached hydrogens (primary N) is 1. The molecule has 19 heavy (non-hydrogen) atoms. The van der Waals surface area contributed by atoms with E-state index in [1.807, 2.05) is 6.92 Å². The Morgan fingerprint density at radius 1 is 1.53 bits per heavy atom. The molecule has 1 aromatic carbocycles. The van der Waals surface area contributed by atoms with Gasteiger partial charge in [-0.1, -0.05) is 24.2 Å². The third-order valence-electron chi connectivity index (χ3n) is 3.05. The van der Waals surface area contributed by atoms with Crippen LogP contribution in [0.1, 0.15) is 31.4 Å². The summed E-state index contributed by atoms with van der Waals surface area (Å²) >= 11 is 0. The van der Waals surface area contributed by atoms with Crippen LogP contribution in [-0.4, -0.2) is 28.3 Å². The minimum atomic E-state index is -0.820. The Balaban J connectivity index is 2.75. The summed E-state index contributed by atoms with van der Waals surface area (Å²) in [6.07, 6.45) is 0.604. The molecule has 5 N–H and O–H groups in total. The average molecular weight is 269 g/mol. The van der Waals surface area contributed by atoms with Crippen molar-refractivity contribution >= 4 is 5.84 Å². The van der Waals surface area contributed by atoms with Crippen molar-refractivity contribution in [3.63, 3.8) is 0 Å². The largest absolute Gasteiger partial charge is 0.409 e. The third kappa shape index (κ3) is 4.18. The Morgan fingerprint density at radius 3 is 2.79 bits per heavy atom. The summed E-state index contributed by atoms with van der Waals surface area (Å²) in [6.45, 7) is 4.20. The number of amidine groups is 1. The van der Waals surface area contributed by atoms with Gasteiger partial charge in [-0.2, -0.15) is 0 Å². The van der Waals surface area contributed by atoms with Gasteiger partial charge >= 0.3 is 0 Å². The van der Waals surface area contributed by atoms with Crippen LogP contribution in [0, 0.1) is 5.82 Å². The molecule has 0 heterocycles. The lowest BCUT2D eigenvalue weighted by atomic mass is 10.0. The first-order chi connectivity index (χ1) is 8.91. The number of oxime groups is 1. The highest BCUT2D eigenvalue weighted by molar-refractivity contribution is 5.97. The molecule has 6 heteroatoms. The summed E-state index contributed by atoms with van der Waals surface area (Å²) in [4.78, 5) is 0. The lowest BCUT2D eigenvalue weighted by Gasteiger charge is -2.21. The predicted molar refractivity (Wildman–Crippen MR) is 71.5 cm³/mol. The molecule has 1 aromatic rings. The van der Waals surface area contributed by atoms with E-state index < -0.39 is 11.4 Å². The number of aliphatic hydroxyl groups is 1. The summed E-state index contributed by atoms with van der Waals surface area (Å²) in [5, 5.41) is 24.2. The van der Waals surface area contributed by atoms with Crippen molar-refractivity contribution in [2.45, 2.75) is 32.4 Å². The van der Waals surface area contributed by atoms with Gasteiger partial charge in [0.2, 0.25) is 0 Å². The van der Waals surface area contributed by atoms with Gasteiger partial charge in [-0.05, 0) is 19.4 Å². The normalized spacial score (nSPS) is 15.3. The molecule has 0 fully saturated rings. The molecular weight excluding hydrogens is 249 g/mol. The number of halogens is 1. The van der Waals surface area contributed by atoms with Crippen LogP contribution in [0.25, 0.3) is 0 Å². The van der Waals surface area contributed by atoms with Crippen molar-refractivity contribution in [1.82, 2.24) is 5.32 Å². The molecule has 1 unspecified atom stereocenters. The van der Waals surface area contributed by atoms with Gasteiger partial charge in [-0.25, -0.2) is 4.39 Å². The van der Waals surface area contributed by atoms with Crippen LogP contribution < -0.4 is 11.1 Å². The lowest BCUT2D eigenvalue weighted by Crippen LogP contribution is -2.37. The van der Waals surface area contributed by atoms with E-state index in [1.54, 1.807) is 19.1 Å². The molecule has 1 rings (SSSR count). The highest BCUT2D eigenvalue weighted by atomic mass is 19.1. The smallest absolute Gasteiger partial charge is 0.173 e. The van der Waals surface area contributed by atoms with Gasteiger partial charge in [0.15, 0.2) is 5.84 Å². The molecule has 0 aliphatic rings. The van der Waals surface area contributed by atoms with E-state index in [9.17, 15) is 9.50 Å². The molecular formula is C13H20FN3O2. The molecule has 0 bridgehead atoms. The minimum Gasteiger partial charge on any atom is -0.409 e. The minimum absolute atomic E-state index is 0.0593. The third-order valence-corrected chi connectivity index (χ3v) is 3.05. The summed E-state index contributed by atoms with van der Waals surface area (Å²) in [5.74, 6) is -0.790. The van der Waals surface area contributed by atoms with Crippen molar-refractivity contribution < 1.29 is 14.7 Å². The van der Waals surface area contributed by atoms with Crippen LogP contribution >= 0.6 is 0 Å². The van der Waals surface area contributed by atoms with E-state index in [0.29, 0.717) is 18.5 Å². The molecule has 0 amide bonds. The maximum atomic E-state index is 14.0. The topological polar surface area (TPSA) is 90.9 Å². The molecule has 5 nitrogen and oxygen atoms in total. The van der Waals surface area contributed by atoms with Crippen molar-refractivity contribution in [3.05, 3.63) is 35.1 Å². The van der Waals surface area contributed by atoms with E-state index in [-0.39, 0.29) is 17.9 Å². The second-order valence-electron chi connectivity index (χ2n) is 4.72. The monoisotopic (exact) mass is 269 g/mol. The zero-order valence-electron chi connectivity index (χ0n) is 11.2. The van der Waals surface area contributed by atoms with Gasteiger partial charge in [0.1, 0.15) is 5.82 Å². The summed E-state index contributed by atoms with van der Waals surface area (Å²) in [6, 6.07) is 4.68. The van der Waals surface area contributed by atoms with Crippen LogP contribution in [0.2, 0.25) is 0 Å². The van der Waals surface area contributed by atoms with Crippen molar-refractivity contribution in [2.75, 3.05) is 6.54 Å². The van der Waals surface area contributed by atoms with E-state index in [1.165, 1.54) is 6.07 Å². The Kier molecular flexibility index (Phi) is 5.26. The zero-order chi connectivity index (χ0) is 14.5. The summed E-state index contributed by atoms with van der Waals surface area (Å²) in [5.41, 5.74) is 5.02. The van der Waals surface area contributed by atoms with E-state index in [4.69, 9.17) is 10.9 Å². The summed E-state index contributed by atoms with van der Waals surface area (Å²) < 4.78 is 14.0. The zero-order valence-corrected chi connectivity index (χ0v) is 11.2. The number of nitrogens with one attached hydrogen (secondary N) is 1. The molecule has 0 aliphatic carbocycles. The fourth-order valence-corrected chi connectivity index (χ4v) is 1.56. The Labute approximate surface area is 111 Å². The van der Waals surface area contributed by atoms with E-state index in [0.717, 1.165) is 0 Å². The van der Waals surface area contributed by atoms with Gasteiger partial charge in [-0.15, -0.1) is 0 Å². The second kappa shape index (κ2) is 6.49. The van der Waals surface area contributed by atoms with Crippen molar-refractivity contribution in [3.8, 4) is 0 Å². The molecule has 0 spiro atoms. The molecule has 0 saturated carbocycles. The molecule has 1 atom stereocenters. The number of hydrogen-bond donors (Lipinski definition) is 4. The standard InChI is InChI=1S/C13H20FN3O2/c1-3-13(2,18)8-16-7-9-5-4-6-10(11(9)14)12(15)17-19/h4-6,16,18-19H,3,7-8H2,1-2H3,(H2,15,17). The van der Waals surface area contributed by atoms with Crippen LogP contribution in [-0.2, 0) is 6.54 Å². The number of hydrogen-bond acceptors (Lipinski definition) is 4. The van der Waals surface area contributed by atoms with E-state index >= 15 is 0 Å². The van der Waals surface area contributed by atoms with Crippen LogP contribution in [0.4, 0.5) is 4.39 Å². The second-order valence-corrected chi connectivity index (χ2v) is 4.72. The summed E-state index contributed by atoms with van der Waals surface area (Å²) in [7, 11) is 0. The SMILES string of the molecule is CCC(C)(O)CNCc1cccc(/C(N)=N/O)c1F. The Bertz CT molecular complexity index is 461. The first kappa shape index (κ1) is 15.4. The van der Waals surface area contributed by atoms with Gasteiger partial charge < -0.3 is 21.4 Å². The molecule has 0 radical (unpaired) electrons. The Hall–Kier alpha value is -1.66. The van der Waals surface area contributed by atoms with Gasteiger partial charge in [0.05, 0.1) is 11.2 Å². The average Bonchev–Trinajstić information content (AvgIpc) is 2.40. The first-order valence-electron chi connectivity index (χ1n) is 6.09. The van der Waals surface area contributed by atoms with Crippen LogP contribution in [0.3, 0.4) is 0 Å². The van der Waals surface area contributed by atoms with Crippen molar-refractivity contribution in [2.24, 2.45) is 10.9 Å². The highest BCUT2D eigenvalue weighted by Crippen LogP contribution is 2.13. The lowest BCUT2D eigenvalue weighted by molar-refractivity contribution is 0.0555.